The van der Waals surface area contributed by atoms with Crippen molar-refractivity contribution in [2.45, 2.75) is 19.1 Å². The van der Waals surface area contributed by atoms with Gasteiger partial charge < -0.3 is 20.5 Å². The van der Waals surface area contributed by atoms with Gasteiger partial charge in [-0.15, -0.1) is 0 Å². The number of halogens is 1. The van der Waals surface area contributed by atoms with E-state index in [1.807, 2.05) is 30.3 Å². The van der Waals surface area contributed by atoms with Crippen molar-refractivity contribution in [2.24, 2.45) is 5.73 Å². The molecule has 2 aromatic rings. The van der Waals surface area contributed by atoms with Crippen LogP contribution in [-0.2, 0) is 22.6 Å². The third-order valence-corrected chi connectivity index (χ3v) is 3.73. The molecule has 3 N–H and O–H groups in total. The highest BCUT2D eigenvalue weighted by molar-refractivity contribution is 6.30. The van der Waals surface area contributed by atoms with Crippen LogP contribution in [-0.4, -0.2) is 25.2 Å². The van der Waals surface area contributed by atoms with Crippen LogP contribution in [0.1, 0.15) is 11.1 Å². The first-order valence-electron chi connectivity index (χ1n) is 7.58. The number of esters is 1. The van der Waals surface area contributed by atoms with E-state index < -0.39 is 18.0 Å². The monoisotopic (exact) mass is 362 g/mol. The Morgan fingerprint density at radius 3 is 2.56 bits per heavy atom. The second-order valence-corrected chi connectivity index (χ2v) is 5.75. The fraction of sp³-hybridized carbons (Fsp3) is 0.222. The zero-order valence-corrected chi connectivity index (χ0v) is 14.5. The van der Waals surface area contributed by atoms with Crippen LogP contribution in [0, 0.1) is 0 Å². The summed E-state index contributed by atoms with van der Waals surface area (Å²) >= 11 is 5.96. The van der Waals surface area contributed by atoms with E-state index in [9.17, 15) is 9.59 Å². The number of nitrogens with two attached hydrogens (primary N) is 1. The van der Waals surface area contributed by atoms with Gasteiger partial charge in [0.05, 0.1) is 7.11 Å². The molecule has 0 unspecified atom stereocenters. The lowest BCUT2D eigenvalue weighted by molar-refractivity contribution is -0.147. The SMILES string of the molecule is COc1ccc(Cl)cc1COC(=O)[C@H](Cc1ccccc1)NC(N)=O. The van der Waals surface area contributed by atoms with Crippen LogP contribution in [0.4, 0.5) is 4.79 Å². The Morgan fingerprint density at radius 1 is 1.20 bits per heavy atom. The average molecular weight is 363 g/mol. The normalized spacial score (nSPS) is 11.4. The van der Waals surface area contributed by atoms with Gasteiger partial charge in [0.2, 0.25) is 0 Å². The molecule has 132 valence electrons. The average Bonchev–Trinajstić information content (AvgIpc) is 2.59. The van der Waals surface area contributed by atoms with Crippen molar-refractivity contribution < 1.29 is 19.1 Å². The second-order valence-electron chi connectivity index (χ2n) is 5.31. The Labute approximate surface area is 150 Å². The van der Waals surface area contributed by atoms with Crippen LogP contribution in [0.15, 0.2) is 48.5 Å². The summed E-state index contributed by atoms with van der Waals surface area (Å²) in [6.45, 7) is -0.0334. The lowest BCUT2D eigenvalue weighted by atomic mass is 10.1. The Bertz CT molecular complexity index is 737. The molecule has 2 rings (SSSR count). The smallest absolute Gasteiger partial charge is 0.329 e. The van der Waals surface area contributed by atoms with Crippen LogP contribution in [0.25, 0.3) is 0 Å². The molecular weight excluding hydrogens is 344 g/mol. The van der Waals surface area contributed by atoms with Crippen molar-refractivity contribution in [3.8, 4) is 5.75 Å². The van der Waals surface area contributed by atoms with Gasteiger partial charge in [0.1, 0.15) is 18.4 Å². The lowest BCUT2D eigenvalue weighted by Gasteiger charge is -2.17. The van der Waals surface area contributed by atoms with Crippen LogP contribution >= 0.6 is 11.6 Å². The third kappa shape index (κ3) is 5.69. The molecule has 0 heterocycles. The highest BCUT2D eigenvalue weighted by atomic mass is 35.5. The van der Waals surface area contributed by atoms with Crippen LogP contribution in [0.2, 0.25) is 5.02 Å². The van der Waals surface area contributed by atoms with E-state index in [1.165, 1.54) is 7.11 Å². The van der Waals surface area contributed by atoms with Crippen molar-refractivity contribution in [2.75, 3.05) is 7.11 Å². The van der Waals surface area contributed by atoms with Gasteiger partial charge in [-0.25, -0.2) is 9.59 Å². The van der Waals surface area contributed by atoms with E-state index in [-0.39, 0.29) is 13.0 Å². The molecule has 7 heteroatoms. The molecular formula is C18H19ClN2O4. The summed E-state index contributed by atoms with van der Waals surface area (Å²) in [5, 5.41) is 2.91. The van der Waals surface area contributed by atoms with Crippen molar-refractivity contribution >= 4 is 23.6 Å². The molecule has 0 bridgehead atoms. The van der Waals surface area contributed by atoms with Gasteiger partial charge in [0.25, 0.3) is 0 Å². The van der Waals surface area contributed by atoms with E-state index in [4.69, 9.17) is 26.8 Å². The molecule has 0 saturated carbocycles. The fourth-order valence-electron chi connectivity index (χ4n) is 2.32. The summed E-state index contributed by atoms with van der Waals surface area (Å²) in [7, 11) is 1.52. The number of amides is 2. The lowest BCUT2D eigenvalue weighted by Crippen LogP contribution is -2.45. The molecule has 0 radical (unpaired) electrons. The fourth-order valence-corrected chi connectivity index (χ4v) is 2.52. The number of rotatable bonds is 7. The number of nitrogens with one attached hydrogen (secondary N) is 1. The molecule has 2 amide bonds. The first-order chi connectivity index (χ1) is 12.0. The van der Waals surface area contributed by atoms with Gasteiger partial charge in [-0.05, 0) is 23.8 Å². The van der Waals surface area contributed by atoms with Gasteiger partial charge in [-0.2, -0.15) is 0 Å². The summed E-state index contributed by atoms with van der Waals surface area (Å²) in [5.74, 6) is -0.0376. The second kappa shape index (κ2) is 8.94. The predicted octanol–water partition coefficient (Wildman–Crippen LogP) is 2.67. The minimum atomic E-state index is -0.884. The van der Waals surface area contributed by atoms with E-state index in [2.05, 4.69) is 5.32 Å². The molecule has 0 aliphatic rings. The van der Waals surface area contributed by atoms with Crippen molar-refractivity contribution in [1.82, 2.24) is 5.32 Å². The largest absolute Gasteiger partial charge is 0.496 e. The van der Waals surface area contributed by atoms with Gasteiger partial charge >= 0.3 is 12.0 Å². The standard InChI is InChI=1S/C18H19ClN2O4/c1-24-16-8-7-14(19)10-13(16)11-25-17(22)15(21-18(20)23)9-12-5-3-2-4-6-12/h2-8,10,15H,9,11H2,1H3,(H3,20,21,23)/t15-/m0/s1. The molecule has 0 aliphatic heterocycles. The predicted molar refractivity (Wildman–Crippen MR) is 94.5 cm³/mol. The maximum absolute atomic E-state index is 12.4. The highest BCUT2D eigenvalue weighted by Crippen LogP contribution is 2.23. The number of carbonyl (C=O) groups is 2. The van der Waals surface area contributed by atoms with Crippen LogP contribution < -0.4 is 15.8 Å². The van der Waals surface area contributed by atoms with Crippen LogP contribution in [0.3, 0.4) is 0 Å². The van der Waals surface area contributed by atoms with E-state index in [0.29, 0.717) is 16.3 Å². The number of benzene rings is 2. The van der Waals surface area contributed by atoms with Gasteiger partial charge in [0.15, 0.2) is 0 Å². The summed E-state index contributed by atoms with van der Waals surface area (Å²) in [5.41, 5.74) is 6.66. The van der Waals surface area contributed by atoms with Gasteiger partial charge in [-0.1, -0.05) is 41.9 Å². The Balaban J connectivity index is 2.06. The third-order valence-electron chi connectivity index (χ3n) is 3.50. The molecule has 0 spiro atoms. The zero-order chi connectivity index (χ0) is 18.2. The summed E-state index contributed by atoms with van der Waals surface area (Å²) < 4.78 is 10.5. The van der Waals surface area contributed by atoms with E-state index >= 15 is 0 Å². The molecule has 0 fully saturated rings. The summed E-state index contributed by atoms with van der Waals surface area (Å²) in [6, 6.07) is 12.6. The molecule has 0 aliphatic carbocycles. The maximum Gasteiger partial charge on any atom is 0.329 e. The number of methoxy groups -OCH3 is 1. The van der Waals surface area contributed by atoms with Crippen LogP contribution in [0.5, 0.6) is 5.75 Å². The van der Waals surface area contributed by atoms with E-state index in [0.717, 1.165) is 5.56 Å². The molecule has 0 aromatic heterocycles. The summed E-state index contributed by atoms with van der Waals surface area (Å²) in [4.78, 5) is 23.6. The Kier molecular flexibility index (Phi) is 6.65. The topological polar surface area (TPSA) is 90.7 Å². The molecule has 6 nitrogen and oxygen atoms in total. The summed E-state index contributed by atoms with van der Waals surface area (Å²) in [6.07, 6.45) is 0.273. The van der Waals surface area contributed by atoms with E-state index in [1.54, 1.807) is 18.2 Å². The first-order valence-corrected chi connectivity index (χ1v) is 7.96. The zero-order valence-electron chi connectivity index (χ0n) is 13.7. The Morgan fingerprint density at radius 2 is 1.92 bits per heavy atom. The number of urea groups is 1. The van der Waals surface area contributed by atoms with Crippen molar-refractivity contribution in [3.63, 3.8) is 0 Å². The maximum atomic E-state index is 12.4. The van der Waals surface area contributed by atoms with Gasteiger partial charge in [-0.3, -0.25) is 0 Å². The first kappa shape index (κ1) is 18.6. The number of carbonyl (C=O) groups excluding carboxylic acids is 2. The molecule has 0 saturated heterocycles. The van der Waals surface area contributed by atoms with Gasteiger partial charge in [0, 0.05) is 17.0 Å². The quantitative estimate of drug-likeness (QED) is 0.741. The number of ether oxygens (including phenoxy) is 2. The minimum Gasteiger partial charge on any atom is -0.496 e. The number of hydrogen-bond donors (Lipinski definition) is 2. The minimum absolute atomic E-state index is 0.0334. The van der Waals surface area contributed by atoms with Crippen molar-refractivity contribution in [3.05, 3.63) is 64.7 Å². The highest BCUT2D eigenvalue weighted by Gasteiger charge is 2.22. The molecule has 1 atom stereocenters. The van der Waals surface area contributed by atoms with Crippen molar-refractivity contribution in [1.29, 1.82) is 0 Å². The molecule has 2 aromatic carbocycles. The number of primary amides is 1. The Hall–Kier alpha value is -2.73. The molecule has 25 heavy (non-hydrogen) atoms. The number of hydrogen-bond acceptors (Lipinski definition) is 4.